The Morgan fingerprint density at radius 1 is 1.18 bits per heavy atom. The van der Waals surface area contributed by atoms with Crippen molar-refractivity contribution in [2.45, 2.75) is 25.4 Å². The van der Waals surface area contributed by atoms with Gasteiger partial charge in [0.15, 0.2) is 0 Å². The van der Waals surface area contributed by atoms with Crippen molar-refractivity contribution in [3.8, 4) is 5.75 Å². The van der Waals surface area contributed by atoms with Crippen molar-refractivity contribution in [2.24, 2.45) is 0 Å². The van der Waals surface area contributed by atoms with Crippen LogP contribution in [0.3, 0.4) is 0 Å². The standard InChI is InChI=1S/C25H33N5O3/c1-28(19-21-8-9-24(31)27-21)18-20-5-4-6-22(17-20)33-16-15-29-11-13-30(14-12-29)25(32)23-7-2-3-10-26-23/h2-7,10,17,21H,8-9,11-16,18-19H2,1H3,(H,27,31)/t21-/m0/s1. The maximum atomic E-state index is 12.5. The van der Waals surface area contributed by atoms with E-state index in [1.807, 2.05) is 29.2 Å². The second-order valence-electron chi connectivity index (χ2n) is 8.84. The van der Waals surface area contributed by atoms with E-state index >= 15 is 0 Å². The molecule has 0 spiro atoms. The molecule has 0 unspecified atom stereocenters. The number of piperazine rings is 1. The topological polar surface area (TPSA) is 78.0 Å². The Balaban J connectivity index is 1.17. The van der Waals surface area contributed by atoms with Crippen LogP contribution in [0, 0.1) is 0 Å². The van der Waals surface area contributed by atoms with Crippen LogP contribution in [0.15, 0.2) is 48.7 Å². The van der Waals surface area contributed by atoms with E-state index in [0.717, 1.165) is 44.9 Å². The quantitative estimate of drug-likeness (QED) is 0.625. The number of nitrogens with one attached hydrogen (secondary N) is 1. The number of likely N-dealkylation sites (N-methyl/N-ethyl adjacent to an activating group) is 1. The number of benzene rings is 1. The van der Waals surface area contributed by atoms with Crippen molar-refractivity contribution < 1.29 is 14.3 Å². The Bertz CT molecular complexity index is 931. The number of amides is 2. The van der Waals surface area contributed by atoms with E-state index in [0.29, 0.717) is 31.8 Å². The van der Waals surface area contributed by atoms with Crippen LogP contribution in [-0.4, -0.2) is 90.5 Å². The number of hydrogen-bond acceptors (Lipinski definition) is 6. The van der Waals surface area contributed by atoms with Gasteiger partial charge in [0.25, 0.3) is 5.91 Å². The van der Waals surface area contributed by atoms with Crippen LogP contribution in [0.2, 0.25) is 0 Å². The summed E-state index contributed by atoms with van der Waals surface area (Å²) in [5.74, 6) is 1.03. The Labute approximate surface area is 195 Å². The van der Waals surface area contributed by atoms with Crippen LogP contribution in [0.5, 0.6) is 5.75 Å². The molecule has 2 aliphatic rings. The number of nitrogens with zero attached hydrogens (tertiary/aromatic N) is 4. The average Bonchev–Trinajstić information content (AvgIpc) is 3.24. The molecule has 2 saturated heterocycles. The highest BCUT2D eigenvalue weighted by atomic mass is 16.5. The van der Waals surface area contributed by atoms with Gasteiger partial charge in [-0.2, -0.15) is 0 Å². The summed E-state index contributed by atoms with van der Waals surface area (Å²) in [6, 6.07) is 13.9. The summed E-state index contributed by atoms with van der Waals surface area (Å²) < 4.78 is 6.01. The summed E-state index contributed by atoms with van der Waals surface area (Å²) in [7, 11) is 2.08. The maximum absolute atomic E-state index is 12.5. The molecule has 8 nitrogen and oxygen atoms in total. The Kier molecular flexibility index (Phi) is 7.91. The van der Waals surface area contributed by atoms with E-state index in [9.17, 15) is 9.59 Å². The van der Waals surface area contributed by atoms with E-state index in [1.165, 1.54) is 5.56 Å². The van der Waals surface area contributed by atoms with E-state index in [2.05, 4.69) is 39.3 Å². The van der Waals surface area contributed by atoms with Crippen molar-refractivity contribution in [3.63, 3.8) is 0 Å². The number of hydrogen-bond donors (Lipinski definition) is 1. The molecule has 3 heterocycles. The molecule has 33 heavy (non-hydrogen) atoms. The lowest BCUT2D eigenvalue weighted by atomic mass is 10.1. The number of aromatic nitrogens is 1. The first-order valence-electron chi connectivity index (χ1n) is 11.7. The van der Waals surface area contributed by atoms with Crippen molar-refractivity contribution in [1.29, 1.82) is 0 Å². The molecule has 0 aliphatic carbocycles. The van der Waals surface area contributed by atoms with E-state index in [-0.39, 0.29) is 17.9 Å². The number of carbonyl (C=O) groups excluding carboxylic acids is 2. The third kappa shape index (κ3) is 6.76. The highest BCUT2D eigenvalue weighted by Gasteiger charge is 2.23. The van der Waals surface area contributed by atoms with Crippen LogP contribution < -0.4 is 10.1 Å². The van der Waals surface area contributed by atoms with Gasteiger partial charge in [0.2, 0.25) is 5.91 Å². The molecule has 176 valence electrons. The first-order chi connectivity index (χ1) is 16.1. The lowest BCUT2D eigenvalue weighted by molar-refractivity contribution is -0.119. The largest absolute Gasteiger partial charge is 0.492 e. The maximum Gasteiger partial charge on any atom is 0.272 e. The summed E-state index contributed by atoms with van der Waals surface area (Å²) >= 11 is 0. The fourth-order valence-electron chi connectivity index (χ4n) is 4.42. The average molecular weight is 452 g/mol. The molecule has 8 heteroatoms. The van der Waals surface area contributed by atoms with Gasteiger partial charge in [-0.25, -0.2) is 0 Å². The van der Waals surface area contributed by atoms with Gasteiger partial charge in [0.05, 0.1) is 0 Å². The predicted molar refractivity (Wildman–Crippen MR) is 126 cm³/mol. The van der Waals surface area contributed by atoms with Crippen LogP contribution in [-0.2, 0) is 11.3 Å². The van der Waals surface area contributed by atoms with Gasteiger partial charge in [-0.3, -0.25) is 19.5 Å². The summed E-state index contributed by atoms with van der Waals surface area (Å²) in [4.78, 5) is 34.5. The molecule has 1 N–H and O–H groups in total. The van der Waals surface area contributed by atoms with Crippen molar-refractivity contribution in [3.05, 3.63) is 59.9 Å². The zero-order chi connectivity index (χ0) is 23.0. The lowest BCUT2D eigenvalue weighted by Crippen LogP contribution is -2.49. The second-order valence-corrected chi connectivity index (χ2v) is 8.84. The van der Waals surface area contributed by atoms with E-state index in [4.69, 9.17) is 4.74 Å². The SMILES string of the molecule is CN(Cc1cccc(OCCN2CCN(C(=O)c3ccccn3)CC2)c1)C[C@@H]1CCC(=O)N1. The summed E-state index contributed by atoms with van der Waals surface area (Å²) in [5, 5.41) is 3.02. The number of pyridine rings is 1. The Morgan fingerprint density at radius 3 is 2.76 bits per heavy atom. The van der Waals surface area contributed by atoms with Gasteiger partial charge in [0.1, 0.15) is 18.1 Å². The molecule has 1 atom stereocenters. The third-order valence-electron chi connectivity index (χ3n) is 6.19. The summed E-state index contributed by atoms with van der Waals surface area (Å²) in [5.41, 5.74) is 1.70. The minimum atomic E-state index is 0.00333. The van der Waals surface area contributed by atoms with Gasteiger partial charge in [-0.05, 0) is 43.3 Å². The highest BCUT2D eigenvalue weighted by molar-refractivity contribution is 5.92. The van der Waals surface area contributed by atoms with Gasteiger partial charge in [0, 0.05) is 64.5 Å². The minimum absolute atomic E-state index is 0.00333. The summed E-state index contributed by atoms with van der Waals surface area (Å²) in [6.45, 7) is 6.20. The normalized spacial score (nSPS) is 19.0. The van der Waals surface area contributed by atoms with Gasteiger partial charge < -0.3 is 19.9 Å². The minimum Gasteiger partial charge on any atom is -0.492 e. The fraction of sp³-hybridized carbons (Fsp3) is 0.480. The molecule has 2 aliphatic heterocycles. The zero-order valence-electron chi connectivity index (χ0n) is 19.3. The summed E-state index contributed by atoms with van der Waals surface area (Å²) in [6.07, 6.45) is 3.21. The van der Waals surface area contributed by atoms with Crippen LogP contribution >= 0.6 is 0 Å². The van der Waals surface area contributed by atoms with E-state index in [1.54, 1.807) is 12.3 Å². The molecule has 4 rings (SSSR count). The molecule has 2 amide bonds. The first-order valence-corrected chi connectivity index (χ1v) is 11.7. The molecule has 0 saturated carbocycles. The predicted octanol–water partition coefficient (Wildman–Crippen LogP) is 1.63. The molecule has 1 aromatic heterocycles. The second kappa shape index (κ2) is 11.2. The van der Waals surface area contributed by atoms with Crippen LogP contribution in [0.1, 0.15) is 28.9 Å². The van der Waals surface area contributed by atoms with Crippen molar-refractivity contribution in [1.82, 2.24) is 25.0 Å². The van der Waals surface area contributed by atoms with Gasteiger partial charge >= 0.3 is 0 Å². The highest BCUT2D eigenvalue weighted by Crippen LogP contribution is 2.16. The van der Waals surface area contributed by atoms with Gasteiger partial charge in [-0.15, -0.1) is 0 Å². The Hall–Kier alpha value is -2.97. The molecular weight excluding hydrogens is 418 g/mol. The molecular formula is C25H33N5O3. The molecule has 0 bridgehead atoms. The van der Waals surface area contributed by atoms with Crippen LogP contribution in [0.25, 0.3) is 0 Å². The number of ether oxygens (including phenoxy) is 1. The van der Waals surface area contributed by atoms with Crippen molar-refractivity contribution >= 4 is 11.8 Å². The van der Waals surface area contributed by atoms with Crippen molar-refractivity contribution in [2.75, 3.05) is 52.9 Å². The third-order valence-corrected chi connectivity index (χ3v) is 6.19. The smallest absolute Gasteiger partial charge is 0.272 e. The molecule has 2 fully saturated rings. The number of carbonyl (C=O) groups is 2. The molecule has 1 aromatic carbocycles. The lowest BCUT2D eigenvalue weighted by Gasteiger charge is -2.34. The first kappa shape index (κ1) is 23.2. The molecule has 0 radical (unpaired) electrons. The Morgan fingerprint density at radius 2 is 2.03 bits per heavy atom. The van der Waals surface area contributed by atoms with Gasteiger partial charge in [-0.1, -0.05) is 18.2 Å². The fourth-order valence-corrected chi connectivity index (χ4v) is 4.42. The zero-order valence-corrected chi connectivity index (χ0v) is 19.3. The number of rotatable bonds is 9. The van der Waals surface area contributed by atoms with Crippen LogP contribution in [0.4, 0.5) is 0 Å². The molecule has 2 aromatic rings. The monoisotopic (exact) mass is 451 g/mol. The van der Waals surface area contributed by atoms with E-state index < -0.39 is 0 Å².